The molecule has 112 valence electrons. The molecule has 1 aliphatic rings. The van der Waals surface area contributed by atoms with E-state index in [4.69, 9.17) is 5.26 Å². The quantitative estimate of drug-likeness (QED) is 0.504. The second-order valence-electron chi connectivity index (χ2n) is 5.59. The van der Waals surface area contributed by atoms with Crippen LogP contribution in [0.4, 0.5) is 11.4 Å². The number of nitro benzene ring substituents is 1. The van der Waals surface area contributed by atoms with Gasteiger partial charge >= 0.3 is 0 Å². The monoisotopic (exact) mass is 289 g/mol. The van der Waals surface area contributed by atoms with Gasteiger partial charge in [-0.25, -0.2) is 0 Å². The lowest BCUT2D eigenvalue weighted by molar-refractivity contribution is -0.384. The summed E-state index contributed by atoms with van der Waals surface area (Å²) in [6.07, 6.45) is 5.78. The van der Waals surface area contributed by atoms with Crippen molar-refractivity contribution in [3.05, 3.63) is 33.9 Å². The second-order valence-corrected chi connectivity index (χ2v) is 5.59. The van der Waals surface area contributed by atoms with Crippen LogP contribution in [0.1, 0.15) is 44.1 Å². The summed E-state index contributed by atoms with van der Waals surface area (Å²) < 4.78 is 0. The van der Waals surface area contributed by atoms with E-state index >= 15 is 0 Å². The van der Waals surface area contributed by atoms with Crippen LogP contribution in [0.3, 0.4) is 0 Å². The number of hydrogen-bond donors (Lipinski definition) is 2. The number of nitrogens with one attached hydrogen (secondary N) is 1. The van der Waals surface area contributed by atoms with Gasteiger partial charge < -0.3 is 10.4 Å². The molecule has 0 spiro atoms. The molecule has 0 radical (unpaired) electrons. The summed E-state index contributed by atoms with van der Waals surface area (Å²) in [5.74, 6) is 0. The maximum atomic E-state index is 10.7. The fourth-order valence-corrected chi connectivity index (χ4v) is 2.72. The minimum absolute atomic E-state index is 0.106. The molecule has 2 N–H and O–H groups in total. The number of hydrogen-bond acceptors (Lipinski definition) is 5. The summed E-state index contributed by atoms with van der Waals surface area (Å²) in [5.41, 5.74) is -0.113. The van der Waals surface area contributed by atoms with Crippen molar-refractivity contribution >= 4 is 11.4 Å². The van der Waals surface area contributed by atoms with Crippen molar-refractivity contribution in [2.75, 3.05) is 11.9 Å². The van der Waals surface area contributed by atoms with Gasteiger partial charge in [-0.15, -0.1) is 0 Å². The number of nitriles is 1. The van der Waals surface area contributed by atoms with Gasteiger partial charge in [0.1, 0.15) is 6.07 Å². The van der Waals surface area contributed by atoms with E-state index < -0.39 is 10.5 Å². The first-order valence-electron chi connectivity index (χ1n) is 7.19. The SMILES string of the molecule is N#Cc1cc([N+](=O)[O-])ccc1NCC1(O)CCCCCC1. The van der Waals surface area contributed by atoms with Crippen LogP contribution in [0.25, 0.3) is 0 Å². The zero-order chi connectivity index (χ0) is 15.3. The standard InChI is InChI=1S/C15H19N3O3/c16-10-12-9-13(18(20)21)5-6-14(12)17-11-15(19)7-3-1-2-4-8-15/h5-6,9,17,19H,1-4,7-8,11H2. The van der Waals surface area contributed by atoms with Crippen molar-refractivity contribution < 1.29 is 10.0 Å². The van der Waals surface area contributed by atoms with Crippen molar-refractivity contribution in [1.29, 1.82) is 5.26 Å². The van der Waals surface area contributed by atoms with Crippen LogP contribution in [0.2, 0.25) is 0 Å². The zero-order valence-electron chi connectivity index (χ0n) is 11.8. The molecule has 1 fully saturated rings. The lowest BCUT2D eigenvalue weighted by Crippen LogP contribution is -2.36. The van der Waals surface area contributed by atoms with Crippen LogP contribution in [0, 0.1) is 21.4 Å². The molecule has 1 aromatic rings. The van der Waals surface area contributed by atoms with Gasteiger partial charge in [-0.1, -0.05) is 25.7 Å². The minimum atomic E-state index is -0.759. The fraction of sp³-hybridized carbons (Fsp3) is 0.533. The molecule has 6 nitrogen and oxygen atoms in total. The summed E-state index contributed by atoms with van der Waals surface area (Å²) in [6, 6.07) is 6.09. The molecule has 0 unspecified atom stereocenters. The summed E-state index contributed by atoms with van der Waals surface area (Å²) in [6.45, 7) is 0.361. The molecule has 1 saturated carbocycles. The third-order valence-electron chi connectivity index (χ3n) is 3.98. The Morgan fingerprint density at radius 2 is 2.00 bits per heavy atom. The molecule has 1 aliphatic carbocycles. The molecule has 0 aromatic heterocycles. The summed E-state index contributed by atoms with van der Waals surface area (Å²) in [5, 5.41) is 33.4. The topological polar surface area (TPSA) is 99.2 Å². The Labute approximate surface area is 123 Å². The van der Waals surface area contributed by atoms with Crippen molar-refractivity contribution in [1.82, 2.24) is 0 Å². The highest BCUT2D eigenvalue weighted by Crippen LogP contribution is 2.28. The predicted octanol–water partition coefficient (Wildman–Crippen LogP) is 2.96. The Balaban J connectivity index is 2.09. The Hall–Kier alpha value is -2.13. The van der Waals surface area contributed by atoms with Gasteiger partial charge in [0, 0.05) is 18.7 Å². The zero-order valence-corrected chi connectivity index (χ0v) is 11.8. The minimum Gasteiger partial charge on any atom is -0.388 e. The highest BCUT2D eigenvalue weighted by molar-refractivity contribution is 5.61. The molecule has 0 bridgehead atoms. The molecule has 0 heterocycles. The molecule has 21 heavy (non-hydrogen) atoms. The Bertz CT molecular complexity index is 558. The van der Waals surface area contributed by atoms with E-state index in [1.165, 1.54) is 18.2 Å². The Morgan fingerprint density at radius 3 is 2.57 bits per heavy atom. The number of non-ortho nitro benzene ring substituents is 1. The van der Waals surface area contributed by atoms with E-state index in [9.17, 15) is 15.2 Å². The van der Waals surface area contributed by atoms with E-state index in [1.807, 2.05) is 6.07 Å². The third-order valence-corrected chi connectivity index (χ3v) is 3.98. The van der Waals surface area contributed by atoms with E-state index in [-0.39, 0.29) is 11.3 Å². The molecule has 6 heteroatoms. The molecule has 0 atom stereocenters. The maximum Gasteiger partial charge on any atom is 0.270 e. The molecular formula is C15H19N3O3. The number of rotatable bonds is 4. The van der Waals surface area contributed by atoms with Crippen molar-refractivity contribution in [2.45, 2.75) is 44.1 Å². The van der Waals surface area contributed by atoms with Crippen LogP contribution in [-0.2, 0) is 0 Å². The van der Waals surface area contributed by atoms with E-state index in [0.29, 0.717) is 12.2 Å². The van der Waals surface area contributed by atoms with Gasteiger partial charge in [0.05, 0.1) is 21.8 Å². The number of aliphatic hydroxyl groups is 1. The molecule has 2 rings (SSSR count). The van der Waals surface area contributed by atoms with Crippen LogP contribution < -0.4 is 5.32 Å². The number of nitro groups is 1. The highest BCUT2D eigenvalue weighted by atomic mass is 16.6. The van der Waals surface area contributed by atoms with E-state index in [0.717, 1.165) is 38.5 Å². The van der Waals surface area contributed by atoms with Gasteiger partial charge in [-0.3, -0.25) is 10.1 Å². The molecule has 0 aliphatic heterocycles. The molecule has 0 saturated heterocycles. The number of benzene rings is 1. The first-order valence-corrected chi connectivity index (χ1v) is 7.19. The second kappa shape index (κ2) is 6.55. The number of anilines is 1. The first kappa shape index (κ1) is 15.3. The lowest BCUT2D eigenvalue weighted by atomic mass is 9.94. The fourth-order valence-electron chi connectivity index (χ4n) is 2.72. The van der Waals surface area contributed by atoms with Crippen LogP contribution >= 0.6 is 0 Å². The maximum absolute atomic E-state index is 10.7. The lowest BCUT2D eigenvalue weighted by Gasteiger charge is -2.27. The van der Waals surface area contributed by atoms with E-state index in [2.05, 4.69) is 5.32 Å². The average molecular weight is 289 g/mol. The summed E-state index contributed by atoms with van der Waals surface area (Å²) in [4.78, 5) is 10.2. The highest BCUT2D eigenvalue weighted by Gasteiger charge is 2.28. The smallest absolute Gasteiger partial charge is 0.270 e. The molecular weight excluding hydrogens is 270 g/mol. The first-order chi connectivity index (χ1) is 10.0. The van der Waals surface area contributed by atoms with E-state index in [1.54, 1.807) is 0 Å². The van der Waals surface area contributed by atoms with Gasteiger partial charge in [-0.2, -0.15) is 5.26 Å². The van der Waals surface area contributed by atoms with Gasteiger partial charge in [0.15, 0.2) is 0 Å². The molecule has 0 amide bonds. The number of nitrogens with zero attached hydrogens (tertiary/aromatic N) is 2. The molecule has 1 aromatic carbocycles. The average Bonchev–Trinajstić information content (AvgIpc) is 2.70. The normalized spacial score (nSPS) is 17.5. The Kier molecular flexibility index (Phi) is 4.76. The van der Waals surface area contributed by atoms with Crippen molar-refractivity contribution in [2.24, 2.45) is 0 Å². The Morgan fingerprint density at radius 1 is 1.33 bits per heavy atom. The van der Waals surface area contributed by atoms with Crippen LogP contribution in [-0.4, -0.2) is 22.2 Å². The van der Waals surface area contributed by atoms with Gasteiger partial charge in [-0.05, 0) is 18.9 Å². The third kappa shape index (κ3) is 3.92. The van der Waals surface area contributed by atoms with Crippen LogP contribution in [0.5, 0.6) is 0 Å². The van der Waals surface area contributed by atoms with Crippen LogP contribution in [0.15, 0.2) is 18.2 Å². The summed E-state index contributed by atoms with van der Waals surface area (Å²) in [7, 11) is 0. The largest absolute Gasteiger partial charge is 0.388 e. The van der Waals surface area contributed by atoms with Gasteiger partial charge in [0.2, 0.25) is 0 Å². The van der Waals surface area contributed by atoms with Crippen molar-refractivity contribution in [3.63, 3.8) is 0 Å². The van der Waals surface area contributed by atoms with Gasteiger partial charge in [0.25, 0.3) is 5.69 Å². The predicted molar refractivity (Wildman–Crippen MR) is 79.0 cm³/mol. The summed E-state index contributed by atoms with van der Waals surface area (Å²) >= 11 is 0. The van der Waals surface area contributed by atoms with Crippen molar-refractivity contribution in [3.8, 4) is 6.07 Å².